The SMILES string of the molecule is CC(C)CC(NC(=O)c1ccccc1)[Si](C)(O)CC(C)C(=O)N1CCC[C@H]1C(=O)O. The molecular weight excluding hydrogens is 400 g/mol. The Morgan fingerprint density at radius 3 is 2.40 bits per heavy atom. The summed E-state index contributed by atoms with van der Waals surface area (Å²) in [6.45, 7) is 8.01. The van der Waals surface area contributed by atoms with Crippen molar-refractivity contribution in [1.82, 2.24) is 10.2 Å². The number of likely N-dealkylation sites (tertiary alicyclic amines) is 1. The van der Waals surface area contributed by atoms with Crippen molar-refractivity contribution in [3.63, 3.8) is 0 Å². The number of nitrogens with zero attached hydrogens (tertiary/aromatic N) is 1. The highest BCUT2D eigenvalue weighted by atomic mass is 28.4. The van der Waals surface area contributed by atoms with E-state index in [-0.39, 0.29) is 23.8 Å². The predicted octanol–water partition coefficient (Wildman–Crippen LogP) is 2.65. The zero-order valence-corrected chi connectivity index (χ0v) is 19.3. The van der Waals surface area contributed by atoms with E-state index in [9.17, 15) is 24.3 Å². The molecular formula is C22H34N2O5Si. The third-order valence-corrected chi connectivity index (χ3v) is 9.08. The lowest BCUT2D eigenvalue weighted by Gasteiger charge is -2.35. The summed E-state index contributed by atoms with van der Waals surface area (Å²) in [7, 11) is -3.04. The van der Waals surface area contributed by atoms with E-state index >= 15 is 0 Å². The van der Waals surface area contributed by atoms with E-state index in [0.29, 0.717) is 31.4 Å². The highest BCUT2D eigenvalue weighted by Gasteiger charge is 2.42. The van der Waals surface area contributed by atoms with Gasteiger partial charge in [0, 0.05) is 23.7 Å². The first-order valence-corrected chi connectivity index (χ1v) is 13.4. The van der Waals surface area contributed by atoms with Crippen LogP contribution in [-0.2, 0) is 9.59 Å². The molecule has 4 atom stereocenters. The van der Waals surface area contributed by atoms with Crippen LogP contribution in [0.2, 0.25) is 12.6 Å². The van der Waals surface area contributed by atoms with E-state index in [1.54, 1.807) is 37.7 Å². The molecule has 30 heavy (non-hydrogen) atoms. The lowest BCUT2D eigenvalue weighted by molar-refractivity contribution is -0.149. The Morgan fingerprint density at radius 1 is 1.20 bits per heavy atom. The van der Waals surface area contributed by atoms with Gasteiger partial charge in [0.1, 0.15) is 6.04 Å². The Labute approximate surface area is 179 Å². The molecule has 1 aromatic rings. The van der Waals surface area contributed by atoms with Gasteiger partial charge >= 0.3 is 5.97 Å². The zero-order valence-electron chi connectivity index (χ0n) is 18.3. The number of nitrogens with one attached hydrogen (secondary N) is 1. The predicted molar refractivity (Wildman–Crippen MR) is 117 cm³/mol. The van der Waals surface area contributed by atoms with Crippen LogP contribution in [0.25, 0.3) is 0 Å². The minimum Gasteiger partial charge on any atom is -0.480 e. The maximum Gasteiger partial charge on any atom is 0.326 e. The molecule has 0 radical (unpaired) electrons. The van der Waals surface area contributed by atoms with Gasteiger partial charge in [-0.05, 0) is 49.9 Å². The number of benzene rings is 1. The largest absolute Gasteiger partial charge is 0.480 e. The van der Waals surface area contributed by atoms with Crippen LogP contribution >= 0.6 is 0 Å². The number of carboxylic acid groups (broad SMARTS) is 1. The van der Waals surface area contributed by atoms with Crippen LogP contribution in [0.5, 0.6) is 0 Å². The molecule has 2 amide bonds. The van der Waals surface area contributed by atoms with Crippen molar-refractivity contribution in [3.05, 3.63) is 35.9 Å². The quantitative estimate of drug-likeness (QED) is 0.518. The third-order valence-electron chi connectivity index (χ3n) is 5.76. The van der Waals surface area contributed by atoms with E-state index in [1.807, 2.05) is 19.9 Å². The van der Waals surface area contributed by atoms with E-state index < -0.39 is 31.9 Å². The maximum absolute atomic E-state index is 12.9. The molecule has 166 valence electrons. The van der Waals surface area contributed by atoms with Crippen molar-refractivity contribution >= 4 is 26.1 Å². The summed E-state index contributed by atoms with van der Waals surface area (Å²) in [6.07, 6.45) is 1.75. The molecule has 0 bridgehead atoms. The number of carbonyl (C=O) groups is 3. The van der Waals surface area contributed by atoms with Crippen LogP contribution in [-0.4, -0.2) is 59.2 Å². The number of aliphatic carboxylic acids is 1. The summed E-state index contributed by atoms with van der Waals surface area (Å²) in [5.74, 6) is -1.70. The molecule has 0 aromatic heterocycles. The van der Waals surface area contributed by atoms with Crippen molar-refractivity contribution in [2.75, 3.05) is 6.54 Å². The van der Waals surface area contributed by atoms with Gasteiger partial charge in [0.15, 0.2) is 0 Å². The summed E-state index contributed by atoms with van der Waals surface area (Å²) in [6, 6.07) is 8.35. The van der Waals surface area contributed by atoms with Crippen molar-refractivity contribution in [2.24, 2.45) is 11.8 Å². The van der Waals surface area contributed by atoms with Gasteiger partial charge in [0.25, 0.3) is 5.91 Å². The van der Waals surface area contributed by atoms with Crippen molar-refractivity contribution in [3.8, 4) is 0 Å². The normalized spacial score (nSPS) is 20.5. The van der Waals surface area contributed by atoms with E-state index in [4.69, 9.17) is 0 Å². The van der Waals surface area contributed by atoms with Crippen LogP contribution in [0.3, 0.4) is 0 Å². The fourth-order valence-electron chi connectivity index (χ4n) is 4.19. The summed E-state index contributed by atoms with van der Waals surface area (Å²) in [5.41, 5.74) is 0.121. The summed E-state index contributed by atoms with van der Waals surface area (Å²) >= 11 is 0. The first-order chi connectivity index (χ1) is 14.0. The first-order valence-electron chi connectivity index (χ1n) is 10.6. The van der Waals surface area contributed by atoms with Gasteiger partial charge < -0.3 is 20.1 Å². The molecule has 3 unspecified atom stereocenters. The van der Waals surface area contributed by atoms with Crippen LogP contribution in [0, 0.1) is 11.8 Å². The second-order valence-corrected chi connectivity index (χ2v) is 12.8. The lowest BCUT2D eigenvalue weighted by atomic mass is 10.1. The Morgan fingerprint density at radius 2 is 1.83 bits per heavy atom. The van der Waals surface area contributed by atoms with Crippen molar-refractivity contribution < 1.29 is 24.3 Å². The van der Waals surface area contributed by atoms with E-state index in [1.165, 1.54) is 4.90 Å². The minimum atomic E-state index is -3.04. The van der Waals surface area contributed by atoms with Crippen molar-refractivity contribution in [1.29, 1.82) is 0 Å². The summed E-state index contributed by atoms with van der Waals surface area (Å²) in [5, 5.41) is 12.4. The fraction of sp³-hybridized carbons (Fsp3) is 0.591. The molecule has 1 fully saturated rings. The average Bonchev–Trinajstić information content (AvgIpc) is 3.17. The molecule has 1 aliphatic heterocycles. The van der Waals surface area contributed by atoms with E-state index in [2.05, 4.69) is 5.32 Å². The number of carbonyl (C=O) groups excluding carboxylic acids is 2. The lowest BCUT2D eigenvalue weighted by Crippen LogP contribution is -2.57. The molecule has 1 heterocycles. The molecule has 1 saturated heterocycles. The molecule has 8 heteroatoms. The topological polar surface area (TPSA) is 107 Å². The highest BCUT2D eigenvalue weighted by molar-refractivity contribution is 6.73. The Hall–Kier alpha value is -2.19. The molecule has 0 aliphatic carbocycles. The second kappa shape index (κ2) is 10.2. The van der Waals surface area contributed by atoms with Crippen LogP contribution in [0.15, 0.2) is 30.3 Å². The van der Waals surface area contributed by atoms with Gasteiger partial charge in [0.05, 0.1) is 0 Å². The van der Waals surface area contributed by atoms with Gasteiger partial charge in [-0.2, -0.15) is 0 Å². The van der Waals surface area contributed by atoms with Crippen LogP contribution in [0.4, 0.5) is 0 Å². The number of carboxylic acids is 1. The molecule has 0 spiro atoms. The molecule has 0 saturated carbocycles. The average molecular weight is 435 g/mol. The summed E-state index contributed by atoms with van der Waals surface area (Å²) in [4.78, 5) is 49.9. The smallest absolute Gasteiger partial charge is 0.326 e. The number of rotatable bonds is 9. The van der Waals surface area contributed by atoms with Gasteiger partial charge in [-0.15, -0.1) is 0 Å². The Kier molecular flexibility index (Phi) is 8.20. The van der Waals surface area contributed by atoms with Crippen molar-refractivity contribution in [2.45, 2.75) is 64.3 Å². The second-order valence-electron chi connectivity index (χ2n) is 9.01. The highest BCUT2D eigenvalue weighted by Crippen LogP contribution is 2.27. The monoisotopic (exact) mass is 434 g/mol. The van der Waals surface area contributed by atoms with Gasteiger partial charge in [-0.1, -0.05) is 39.0 Å². The Bertz CT molecular complexity index is 753. The maximum atomic E-state index is 12.9. The number of hydrogen-bond donors (Lipinski definition) is 3. The van der Waals surface area contributed by atoms with Gasteiger partial charge in [-0.3, -0.25) is 9.59 Å². The van der Waals surface area contributed by atoms with Crippen LogP contribution < -0.4 is 5.32 Å². The van der Waals surface area contributed by atoms with Crippen LogP contribution in [0.1, 0.15) is 50.4 Å². The molecule has 3 N–H and O–H groups in total. The third kappa shape index (κ3) is 6.15. The first kappa shape index (κ1) is 24.1. The van der Waals surface area contributed by atoms with Gasteiger partial charge in [0.2, 0.25) is 14.2 Å². The zero-order chi connectivity index (χ0) is 22.5. The number of hydrogen-bond acceptors (Lipinski definition) is 4. The molecule has 2 rings (SSSR count). The van der Waals surface area contributed by atoms with Gasteiger partial charge in [-0.25, -0.2) is 4.79 Å². The fourth-order valence-corrected chi connectivity index (χ4v) is 7.31. The molecule has 1 aromatic carbocycles. The minimum absolute atomic E-state index is 0.231. The van der Waals surface area contributed by atoms with E-state index in [0.717, 1.165) is 0 Å². The molecule has 1 aliphatic rings. The standard InChI is InChI=1S/C22H34N2O5Si/c1-15(2)13-19(23-20(25)17-9-6-5-7-10-17)30(4,29)14-16(3)21(26)24-12-8-11-18(24)22(27)28/h5-7,9-10,15-16,18-19,29H,8,11-14H2,1-4H3,(H,23,25)(H,27,28)/t16?,18-,19?,30?/m0/s1. The Balaban J connectivity index is 2.12. The molecule has 7 nitrogen and oxygen atoms in total. The number of amides is 2. The summed E-state index contributed by atoms with van der Waals surface area (Å²) < 4.78 is 0.